The number of esters is 2. The number of amides is 12. The normalized spacial score (nSPS) is 12.9. The molecule has 4 aromatic rings. The summed E-state index contributed by atoms with van der Waals surface area (Å²) >= 11 is 0. The van der Waals surface area contributed by atoms with Crippen LogP contribution in [0.25, 0.3) is 0 Å². The molecule has 458 valence electrons. The maximum Gasteiger partial charge on any atom is 0.338 e. The summed E-state index contributed by atoms with van der Waals surface area (Å²) in [6.07, 6.45) is 4.69. The summed E-state index contributed by atoms with van der Waals surface area (Å²) < 4.78 is 10.9. The molecule has 18 N–H and O–H groups in total. The van der Waals surface area contributed by atoms with Crippen LogP contribution in [0.4, 0.5) is 28.8 Å². The highest BCUT2D eigenvalue weighted by molar-refractivity contribution is 5.90. The molecule has 0 aliphatic heterocycles. The zero-order valence-corrected chi connectivity index (χ0v) is 48.4. The van der Waals surface area contributed by atoms with Crippen molar-refractivity contribution in [2.75, 3.05) is 59.4 Å². The Bertz CT molecular complexity index is 2620. The van der Waals surface area contributed by atoms with Crippen molar-refractivity contribution in [3.63, 3.8) is 0 Å². The summed E-state index contributed by atoms with van der Waals surface area (Å²) in [5, 5.41) is 33.3. The summed E-state index contributed by atoms with van der Waals surface area (Å²) in [5.41, 5.74) is 21.9. The van der Waals surface area contributed by atoms with Crippen LogP contribution in [0.3, 0.4) is 0 Å². The summed E-state index contributed by atoms with van der Waals surface area (Å²) in [5.74, 6) is -0.933. The molecule has 12 amide bonds. The van der Waals surface area contributed by atoms with E-state index >= 15 is 0 Å². The van der Waals surface area contributed by atoms with Gasteiger partial charge >= 0.3 is 48.1 Å². The van der Waals surface area contributed by atoms with Gasteiger partial charge in [0.25, 0.3) is 0 Å². The number of carbonyl (C=O) groups is 8. The summed E-state index contributed by atoms with van der Waals surface area (Å²) in [4.78, 5) is 102. The average molecular weight is 1170 g/mol. The predicted octanol–water partition coefficient (Wildman–Crippen LogP) is 3.08. The molecule has 6 atom stereocenters. The van der Waals surface area contributed by atoms with Crippen LogP contribution in [0.5, 0.6) is 0 Å². The Balaban J connectivity index is 1.19. The fourth-order valence-electron chi connectivity index (χ4n) is 8.33. The van der Waals surface area contributed by atoms with E-state index in [1.54, 1.807) is 62.4 Å². The molecular weight excluding hydrogens is 1080 g/mol. The minimum atomic E-state index is -0.647. The molecule has 0 unspecified atom stereocenters. The minimum Gasteiger partial charge on any atom is -0.457 e. The summed E-state index contributed by atoms with van der Waals surface area (Å²) in [6, 6.07) is 26.4. The number of rotatable bonds is 35. The number of urea groups is 6. The van der Waals surface area contributed by atoms with Crippen molar-refractivity contribution >= 4 is 48.1 Å². The number of nitrogens with one attached hydrogen (secondary N) is 12. The Morgan fingerprint density at radius 3 is 1.18 bits per heavy atom. The zero-order chi connectivity index (χ0) is 60.9. The lowest BCUT2D eigenvalue weighted by molar-refractivity contribution is 0.0464. The molecule has 25 nitrogen and oxygen atoms in total. The smallest absolute Gasteiger partial charge is 0.338 e. The fourth-order valence-corrected chi connectivity index (χ4v) is 8.33. The Labute approximate surface area is 492 Å². The van der Waals surface area contributed by atoms with Crippen molar-refractivity contribution in [1.29, 1.82) is 0 Å². The quantitative estimate of drug-likeness (QED) is 0.0233. The van der Waals surface area contributed by atoms with Gasteiger partial charge in [0, 0.05) is 76.5 Å². The highest BCUT2D eigenvalue weighted by Gasteiger charge is 2.21. The lowest BCUT2D eigenvalue weighted by atomic mass is 10.0. The average Bonchev–Trinajstić information content (AvgIpc) is 3.69. The van der Waals surface area contributed by atoms with E-state index < -0.39 is 84.4 Å². The SMILES string of the molecule is CNC(=O)NC[C@H](CCCCN)NC(=O)NC[C@H](Cc1ccc(C(=O)OCc2ccccc2)cc1)NC(=O)NC[C@H](C)NC(=O)NC[C@H](C)NC(=O)NC[C@H](CCCCN)NC(=O)NC[C@@H](N)Cc1ccc(C(=O)OCc2ccccc2)cc1. The lowest BCUT2D eigenvalue weighted by Gasteiger charge is -2.23. The molecular formula is C59H87N15O10. The topological polar surface area (TPSA) is 377 Å². The molecule has 0 aliphatic carbocycles. The van der Waals surface area contributed by atoms with Crippen molar-refractivity contribution in [2.24, 2.45) is 17.2 Å². The number of ether oxygens (including phenoxy) is 2. The van der Waals surface area contributed by atoms with Crippen LogP contribution in [0.15, 0.2) is 109 Å². The summed E-state index contributed by atoms with van der Waals surface area (Å²) in [6.45, 7) is 5.16. The number of carbonyl (C=O) groups excluding carboxylic acids is 8. The van der Waals surface area contributed by atoms with Crippen LogP contribution >= 0.6 is 0 Å². The molecule has 25 heteroatoms. The second-order valence-corrected chi connectivity index (χ2v) is 20.4. The molecule has 0 fully saturated rings. The molecule has 0 aromatic heterocycles. The summed E-state index contributed by atoms with van der Waals surface area (Å²) in [7, 11) is 1.49. The van der Waals surface area contributed by atoms with Crippen LogP contribution in [0.1, 0.15) is 95.3 Å². The van der Waals surface area contributed by atoms with Gasteiger partial charge in [-0.25, -0.2) is 38.4 Å². The van der Waals surface area contributed by atoms with Gasteiger partial charge in [0.1, 0.15) is 13.2 Å². The number of unbranched alkanes of at least 4 members (excludes halogenated alkanes) is 2. The van der Waals surface area contributed by atoms with E-state index in [9.17, 15) is 38.4 Å². The Hall–Kier alpha value is -8.68. The highest BCUT2D eigenvalue weighted by Crippen LogP contribution is 2.13. The van der Waals surface area contributed by atoms with Crippen LogP contribution in [-0.4, -0.2) is 144 Å². The third kappa shape index (κ3) is 28.8. The van der Waals surface area contributed by atoms with E-state index in [4.69, 9.17) is 26.7 Å². The van der Waals surface area contributed by atoms with Crippen LogP contribution < -0.4 is 81.0 Å². The third-order valence-electron chi connectivity index (χ3n) is 13.0. The standard InChI is InChI=1S/C59H87N15O10/c1-40(71-56(79)68-36-50(19-11-13-29-61)72-58(81)66-34-48(62)30-42-20-24-46(25-21-42)52(75)83-38-44-14-6-4-7-15-44)32-64-55(78)70-41(2)33-65-57(80)74-51(37-69-59(82)73-49(18-10-12-28-60)35-67-54(77)63-3)31-43-22-26-47(27-23-43)53(76)84-39-45-16-8-5-9-17-45/h4-9,14-17,20-27,40-41,48-51H,10-13,18-19,28-39,60-62H2,1-3H3,(H2,63,67,77)(H2,64,70,78)(H2,65,74,80)(H2,66,72,81)(H2,68,71,79)(H2,69,73,82)/t40-,41-,48-,49-,50-,51-/m0/s1. The molecule has 0 radical (unpaired) electrons. The third-order valence-corrected chi connectivity index (χ3v) is 13.0. The first-order valence-corrected chi connectivity index (χ1v) is 28.4. The van der Waals surface area contributed by atoms with E-state index in [2.05, 4.69) is 63.8 Å². The number of hydrogen-bond acceptors (Lipinski definition) is 13. The number of hydrogen-bond donors (Lipinski definition) is 15. The van der Waals surface area contributed by atoms with Gasteiger partial charge in [-0.3, -0.25) is 0 Å². The van der Waals surface area contributed by atoms with Crippen LogP contribution in [0, 0.1) is 0 Å². The zero-order valence-electron chi connectivity index (χ0n) is 48.4. The molecule has 84 heavy (non-hydrogen) atoms. The molecule has 0 spiro atoms. The second kappa shape index (κ2) is 38.9. The molecule has 0 saturated heterocycles. The molecule has 0 heterocycles. The Kier molecular flexibility index (Phi) is 31.4. The van der Waals surface area contributed by atoms with Crippen LogP contribution in [-0.2, 0) is 35.5 Å². The monoisotopic (exact) mass is 1170 g/mol. The molecule has 4 rings (SSSR count). The van der Waals surface area contributed by atoms with Crippen molar-refractivity contribution in [3.05, 3.63) is 143 Å². The molecule has 4 aromatic carbocycles. The fraction of sp³-hybridized carbons (Fsp3) is 0.458. The van der Waals surface area contributed by atoms with E-state index in [1.165, 1.54) is 7.05 Å². The first kappa shape index (κ1) is 67.8. The first-order chi connectivity index (χ1) is 40.5. The van der Waals surface area contributed by atoms with E-state index in [-0.39, 0.29) is 58.9 Å². The molecule has 0 bridgehead atoms. The van der Waals surface area contributed by atoms with Gasteiger partial charge in [0.15, 0.2) is 0 Å². The highest BCUT2D eigenvalue weighted by atomic mass is 16.5. The van der Waals surface area contributed by atoms with Gasteiger partial charge in [-0.2, -0.15) is 0 Å². The van der Waals surface area contributed by atoms with Crippen molar-refractivity contribution < 1.29 is 47.8 Å². The van der Waals surface area contributed by atoms with Gasteiger partial charge in [-0.1, -0.05) is 97.8 Å². The minimum absolute atomic E-state index is 0.00335. The van der Waals surface area contributed by atoms with Gasteiger partial charge in [0.2, 0.25) is 0 Å². The largest absolute Gasteiger partial charge is 0.457 e. The van der Waals surface area contributed by atoms with E-state index in [0.29, 0.717) is 49.9 Å². The molecule has 0 aliphatic rings. The maximum absolute atomic E-state index is 13.3. The van der Waals surface area contributed by atoms with Gasteiger partial charge in [-0.15, -0.1) is 0 Å². The number of benzene rings is 4. The van der Waals surface area contributed by atoms with E-state index in [1.807, 2.05) is 60.7 Å². The van der Waals surface area contributed by atoms with E-state index in [0.717, 1.165) is 41.5 Å². The van der Waals surface area contributed by atoms with Crippen molar-refractivity contribution in [1.82, 2.24) is 63.8 Å². The first-order valence-electron chi connectivity index (χ1n) is 28.4. The van der Waals surface area contributed by atoms with Crippen LogP contribution in [0.2, 0.25) is 0 Å². The predicted molar refractivity (Wildman–Crippen MR) is 321 cm³/mol. The maximum atomic E-state index is 13.3. The number of nitrogens with two attached hydrogens (primary N) is 3. The second-order valence-electron chi connectivity index (χ2n) is 20.4. The molecule has 0 saturated carbocycles. The van der Waals surface area contributed by atoms with Gasteiger partial charge in [0.05, 0.1) is 17.2 Å². The Morgan fingerprint density at radius 1 is 0.405 bits per heavy atom. The van der Waals surface area contributed by atoms with Gasteiger partial charge in [-0.05, 0) is 112 Å². The van der Waals surface area contributed by atoms with Crippen molar-refractivity contribution in [2.45, 2.75) is 115 Å². The van der Waals surface area contributed by atoms with Crippen molar-refractivity contribution in [3.8, 4) is 0 Å². The Morgan fingerprint density at radius 2 is 0.762 bits per heavy atom. The lowest BCUT2D eigenvalue weighted by Crippen LogP contribution is -2.54. The van der Waals surface area contributed by atoms with Gasteiger partial charge < -0.3 is 90.5 Å².